The maximum Gasteiger partial charge on any atom is 0.344 e. The van der Waals surface area contributed by atoms with Gasteiger partial charge in [0.05, 0.1) is 23.1 Å². The number of hydrogen-bond acceptors (Lipinski definition) is 18. The molecule has 8 bridgehead atoms. The number of carbonyl (C=O) groups is 2. The lowest BCUT2D eigenvalue weighted by molar-refractivity contribution is -0.385. The lowest BCUT2D eigenvalue weighted by Gasteiger charge is -2.23. The summed E-state index contributed by atoms with van der Waals surface area (Å²) in [4.78, 5) is 54.2. The molecular weight excluding hydrogens is 1100 g/mol. The maximum atomic E-state index is 15.1. The average Bonchev–Trinajstić information content (AvgIpc) is 2.50. The molecule has 8 aromatic rings. The summed E-state index contributed by atoms with van der Waals surface area (Å²) >= 11 is 0. The van der Waals surface area contributed by atoms with Gasteiger partial charge in [-0.3, -0.25) is 20.2 Å². The number of esters is 2. The first-order valence-corrected chi connectivity index (χ1v) is 28.6. The Morgan fingerprint density at radius 1 is 0.451 bits per heavy atom. The predicted molar refractivity (Wildman–Crippen MR) is 307 cm³/mol. The van der Waals surface area contributed by atoms with Gasteiger partial charge in [-0.15, -0.1) is 0 Å². The summed E-state index contributed by atoms with van der Waals surface area (Å²) < 4.78 is 95.9. The molecule has 0 aliphatic heterocycles. The van der Waals surface area contributed by atoms with Gasteiger partial charge in [-0.05, 0) is 60.4 Å². The fraction of sp³-hybridized carbons (Fsp3) is 0.233. The van der Waals surface area contributed by atoms with Crippen LogP contribution in [0.4, 0.5) is 22.7 Å². The van der Waals surface area contributed by atoms with Gasteiger partial charge in [-0.1, -0.05) is 84.9 Å². The number of hydrogen-bond donors (Lipinski definition) is 0. The van der Waals surface area contributed by atoms with Crippen molar-refractivity contribution in [3.8, 4) is 23.0 Å². The minimum absolute atomic E-state index is 0.00802. The highest BCUT2D eigenvalue weighted by Gasteiger charge is 2.32. The maximum absolute atomic E-state index is 15.1. The van der Waals surface area contributed by atoms with Crippen LogP contribution in [-0.4, -0.2) is 93.2 Å². The van der Waals surface area contributed by atoms with Crippen molar-refractivity contribution in [2.24, 2.45) is 0 Å². The highest BCUT2D eigenvalue weighted by Crippen LogP contribution is 2.44. The quantitative estimate of drug-likeness (QED) is 0.0335. The van der Waals surface area contributed by atoms with Gasteiger partial charge < -0.3 is 37.1 Å². The normalized spacial score (nSPS) is 12.3. The van der Waals surface area contributed by atoms with E-state index in [-0.39, 0.29) is 116 Å². The second kappa shape index (κ2) is 23.8. The standard InChI is InChI=1S/C60H56N4O16S2/c1-7-75-55(65)35-77-57-37-15-9-16-38(57)28-42-32-46(64(69)70)34-44(60(42)80-82(73,74)54-26-14-20-48-50(54)22-12-24-52(48)62(5)6)30-40-18-10-17-39(58(40)78-36-56(66)76-8-2)29-43-33-45(63(67)68)31-41(27-37)59(43)79-81(71,72)53-25-13-19-47-49(53)21-11-23-51(47)61(3)4/h9-26,31-34H,7-8,27-30,35-36H2,1-6H3. The van der Waals surface area contributed by atoms with Gasteiger partial charge in [0.25, 0.3) is 11.4 Å². The number of nitrogens with zero attached hydrogens (tertiary/aromatic N) is 4. The molecule has 0 saturated carbocycles. The molecule has 0 fully saturated rings. The minimum atomic E-state index is -4.84. The number of nitro groups is 2. The van der Waals surface area contributed by atoms with Crippen LogP contribution in [0.1, 0.15) is 58.4 Å². The third-order valence-electron chi connectivity index (χ3n) is 13.6. The van der Waals surface area contributed by atoms with Crippen molar-refractivity contribution in [2.75, 3.05) is 64.4 Å². The summed E-state index contributed by atoms with van der Waals surface area (Å²) in [6, 6.07) is 34.0. The zero-order valence-corrected chi connectivity index (χ0v) is 47.1. The molecule has 8 aromatic carbocycles. The van der Waals surface area contributed by atoms with E-state index in [2.05, 4.69) is 0 Å². The van der Waals surface area contributed by atoms with Crippen molar-refractivity contribution >= 4 is 76.5 Å². The van der Waals surface area contributed by atoms with Gasteiger partial charge in [0.15, 0.2) is 24.7 Å². The van der Waals surface area contributed by atoms with E-state index in [1.165, 1.54) is 36.4 Å². The lowest BCUT2D eigenvalue weighted by atomic mass is 9.91. The van der Waals surface area contributed by atoms with Gasteiger partial charge in [-0.2, -0.15) is 16.8 Å². The van der Waals surface area contributed by atoms with Crippen LogP contribution in [0.3, 0.4) is 0 Å². The van der Waals surface area contributed by atoms with Crippen LogP contribution in [0.2, 0.25) is 0 Å². The number of anilines is 2. The summed E-state index contributed by atoms with van der Waals surface area (Å²) in [7, 11) is -2.41. The lowest BCUT2D eigenvalue weighted by Crippen LogP contribution is -2.18. The molecule has 20 nitrogen and oxygen atoms in total. The third kappa shape index (κ3) is 12.1. The number of ether oxygens (including phenoxy) is 4. The van der Waals surface area contributed by atoms with E-state index in [4.69, 9.17) is 27.3 Å². The molecule has 424 valence electrons. The van der Waals surface area contributed by atoms with E-state index in [9.17, 15) is 29.8 Å². The number of carbonyl (C=O) groups excluding carboxylic acids is 2. The van der Waals surface area contributed by atoms with Crippen molar-refractivity contribution in [1.29, 1.82) is 0 Å². The van der Waals surface area contributed by atoms with Crippen LogP contribution in [0, 0.1) is 20.2 Å². The highest BCUT2D eigenvalue weighted by atomic mass is 32.2. The van der Waals surface area contributed by atoms with Gasteiger partial charge in [0, 0.05) is 133 Å². The summed E-state index contributed by atoms with van der Waals surface area (Å²) in [5.41, 5.74) is 1.28. The van der Waals surface area contributed by atoms with E-state index in [0.717, 1.165) is 11.4 Å². The van der Waals surface area contributed by atoms with Crippen LogP contribution in [0.15, 0.2) is 143 Å². The molecule has 0 saturated heterocycles. The Bertz CT molecular complexity index is 3740. The Kier molecular flexibility index (Phi) is 16.7. The molecule has 22 heteroatoms. The average molecular weight is 1150 g/mol. The Hall–Kier alpha value is -9.28. The molecule has 0 spiro atoms. The molecule has 82 heavy (non-hydrogen) atoms. The Balaban J connectivity index is 1.32. The minimum Gasteiger partial charge on any atom is -0.481 e. The fourth-order valence-electron chi connectivity index (χ4n) is 10.2. The molecule has 9 rings (SSSR count). The molecule has 1 aliphatic rings. The number of fused-ring (bicyclic) bond motifs is 10. The number of non-ortho nitro benzene ring substituents is 2. The second-order valence-electron chi connectivity index (χ2n) is 19.5. The predicted octanol–water partition coefficient (Wildman–Crippen LogP) is 10.0. The van der Waals surface area contributed by atoms with E-state index in [0.29, 0.717) is 21.5 Å². The van der Waals surface area contributed by atoms with Crippen molar-refractivity contribution in [2.45, 2.75) is 49.3 Å². The molecule has 0 aromatic heterocycles. The van der Waals surface area contributed by atoms with Gasteiger partial charge in [0.1, 0.15) is 21.3 Å². The monoisotopic (exact) mass is 1150 g/mol. The zero-order chi connectivity index (χ0) is 58.6. The number of benzene rings is 8. The van der Waals surface area contributed by atoms with Crippen molar-refractivity contribution in [3.63, 3.8) is 0 Å². The van der Waals surface area contributed by atoms with Crippen LogP contribution in [-0.2, 0) is 65.0 Å². The summed E-state index contributed by atoms with van der Waals surface area (Å²) in [6.45, 7) is 1.83. The van der Waals surface area contributed by atoms with Gasteiger partial charge in [0.2, 0.25) is 0 Å². The van der Waals surface area contributed by atoms with Crippen LogP contribution in [0.5, 0.6) is 23.0 Å². The molecule has 0 unspecified atom stereocenters. The highest BCUT2D eigenvalue weighted by molar-refractivity contribution is 7.87. The Labute approximate surface area is 472 Å². The van der Waals surface area contributed by atoms with Crippen molar-refractivity contribution in [1.82, 2.24) is 0 Å². The van der Waals surface area contributed by atoms with E-state index in [1.54, 1.807) is 98.8 Å². The SMILES string of the molecule is CCOC(=O)COc1c2cccc1Cc1cc([N+](=O)[O-])cc(c1OS(=O)(=O)c1cccc3c(N(C)C)cccc13)Cc1cccc(c1OCC(=O)OCC)Cc1cc([N+](=O)[O-])cc(c1OS(=O)(=O)c1cccc3c(N(C)C)cccc13)C2. The molecule has 0 amide bonds. The van der Waals surface area contributed by atoms with E-state index >= 15 is 16.8 Å². The first kappa shape index (κ1) is 57.4. The first-order valence-electron chi connectivity index (χ1n) is 25.8. The first-order chi connectivity index (χ1) is 39.2. The van der Waals surface area contributed by atoms with Crippen molar-refractivity contribution < 1.29 is 63.6 Å². The summed E-state index contributed by atoms with van der Waals surface area (Å²) in [5, 5.41) is 27.8. The molecule has 0 N–H and O–H groups in total. The molecule has 1 aliphatic carbocycles. The van der Waals surface area contributed by atoms with Crippen LogP contribution in [0.25, 0.3) is 21.5 Å². The fourth-order valence-corrected chi connectivity index (χ4v) is 12.6. The van der Waals surface area contributed by atoms with Gasteiger partial charge in [-0.25, -0.2) is 9.59 Å². The van der Waals surface area contributed by atoms with Crippen LogP contribution < -0.4 is 27.6 Å². The van der Waals surface area contributed by atoms with E-state index < -0.39 is 66.6 Å². The Morgan fingerprint density at radius 3 is 1.06 bits per heavy atom. The molecule has 0 atom stereocenters. The molecule has 0 radical (unpaired) electrons. The molecule has 0 heterocycles. The summed E-state index contributed by atoms with van der Waals surface area (Å²) in [6.07, 6.45) is -1.48. The number of rotatable bonds is 18. The Morgan fingerprint density at radius 2 is 0.756 bits per heavy atom. The van der Waals surface area contributed by atoms with Crippen molar-refractivity contribution in [3.05, 3.63) is 198 Å². The topological polar surface area (TPSA) is 251 Å². The summed E-state index contributed by atoms with van der Waals surface area (Å²) in [5.74, 6) is -2.21. The van der Waals surface area contributed by atoms with Gasteiger partial charge >= 0.3 is 32.2 Å². The molecular formula is C60H56N4O16S2. The smallest absolute Gasteiger partial charge is 0.344 e. The number of nitro benzene ring substituents is 2. The van der Waals surface area contributed by atoms with Crippen LogP contribution >= 0.6 is 0 Å². The second-order valence-corrected chi connectivity index (χ2v) is 22.6. The largest absolute Gasteiger partial charge is 0.481 e. The third-order valence-corrected chi connectivity index (χ3v) is 16.2. The van der Waals surface area contributed by atoms with E-state index in [1.807, 2.05) is 50.1 Å². The zero-order valence-electron chi connectivity index (χ0n) is 45.5. The number of para-hydroxylation sites is 2.